The second-order valence-electron chi connectivity index (χ2n) is 4.43. The molecule has 1 amide bonds. The van der Waals surface area contributed by atoms with Crippen molar-refractivity contribution in [1.29, 1.82) is 0 Å². The van der Waals surface area contributed by atoms with Crippen molar-refractivity contribution in [1.82, 2.24) is 5.32 Å². The standard InChI is InChI=1S/C13H17IN2O/c14-11-3-1-2-4-12(11)16-13(17)6-5-10-7-8-15-9-10/h1-4,10,15H,5-9H2,(H,16,17). The zero-order valence-corrected chi connectivity index (χ0v) is 11.9. The van der Waals surface area contributed by atoms with Gasteiger partial charge in [0.15, 0.2) is 0 Å². The molecule has 1 aliphatic rings. The molecular weight excluding hydrogens is 327 g/mol. The van der Waals surface area contributed by atoms with E-state index in [0.717, 1.165) is 28.8 Å². The minimum absolute atomic E-state index is 0.126. The van der Waals surface area contributed by atoms with E-state index in [-0.39, 0.29) is 5.91 Å². The van der Waals surface area contributed by atoms with Gasteiger partial charge in [0, 0.05) is 9.99 Å². The number of hydrogen-bond acceptors (Lipinski definition) is 2. The third kappa shape index (κ3) is 3.96. The van der Waals surface area contributed by atoms with E-state index in [4.69, 9.17) is 0 Å². The van der Waals surface area contributed by atoms with Gasteiger partial charge in [-0.3, -0.25) is 4.79 Å². The number of para-hydroxylation sites is 1. The third-order valence-electron chi connectivity index (χ3n) is 3.09. The van der Waals surface area contributed by atoms with E-state index in [0.29, 0.717) is 12.3 Å². The molecule has 2 rings (SSSR count). The lowest BCUT2D eigenvalue weighted by Crippen LogP contribution is -2.15. The maximum atomic E-state index is 11.8. The van der Waals surface area contributed by atoms with Crippen molar-refractivity contribution in [3.63, 3.8) is 0 Å². The van der Waals surface area contributed by atoms with Gasteiger partial charge in [0.25, 0.3) is 0 Å². The van der Waals surface area contributed by atoms with Crippen molar-refractivity contribution >= 4 is 34.2 Å². The lowest BCUT2D eigenvalue weighted by Gasteiger charge is -2.09. The molecule has 0 bridgehead atoms. The third-order valence-corrected chi connectivity index (χ3v) is 4.03. The number of nitrogens with one attached hydrogen (secondary N) is 2. The van der Waals surface area contributed by atoms with Gasteiger partial charge in [0.2, 0.25) is 5.91 Å². The summed E-state index contributed by atoms with van der Waals surface area (Å²) in [7, 11) is 0. The van der Waals surface area contributed by atoms with Crippen LogP contribution < -0.4 is 10.6 Å². The van der Waals surface area contributed by atoms with Crippen molar-refractivity contribution < 1.29 is 4.79 Å². The molecule has 1 aromatic rings. The molecule has 3 nitrogen and oxygen atoms in total. The highest BCUT2D eigenvalue weighted by molar-refractivity contribution is 14.1. The average Bonchev–Trinajstić information content (AvgIpc) is 2.82. The molecule has 1 fully saturated rings. The van der Waals surface area contributed by atoms with E-state index in [9.17, 15) is 4.79 Å². The van der Waals surface area contributed by atoms with Crippen molar-refractivity contribution in [3.05, 3.63) is 27.8 Å². The summed E-state index contributed by atoms with van der Waals surface area (Å²) in [6.07, 6.45) is 2.82. The summed E-state index contributed by atoms with van der Waals surface area (Å²) in [6, 6.07) is 7.86. The number of anilines is 1. The summed E-state index contributed by atoms with van der Waals surface area (Å²) in [5, 5.41) is 6.29. The van der Waals surface area contributed by atoms with Crippen LogP contribution in [0.1, 0.15) is 19.3 Å². The van der Waals surface area contributed by atoms with Crippen LogP contribution in [0.4, 0.5) is 5.69 Å². The summed E-state index contributed by atoms with van der Waals surface area (Å²) in [5.74, 6) is 0.802. The van der Waals surface area contributed by atoms with E-state index in [2.05, 4.69) is 33.2 Å². The van der Waals surface area contributed by atoms with Gasteiger partial charge in [0.1, 0.15) is 0 Å². The second kappa shape index (κ2) is 6.35. The summed E-state index contributed by atoms with van der Waals surface area (Å²) in [4.78, 5) is 11.8. The van der Waals surface area contributed by atoms with Gasteiger partial charge >= 0.3 is 0 Å². The molecule has 0 saturated carbocycles. The number of carbonyl (C=O) groups is 1. The summed E-state index contributed by atoms with van der Waals surface area (Å²) in [6.45, 7) is 2.17. The average molecular weight is 344 g/mol. The Kier molecular flexibility index (Phi) is 4.79. The molecule has 2 N–H and O–H groups in total. The number of halogens is 1. The van der Waals surface area contributed by atoms with Crippen LogP contribution >= 0.6 is 22.6 Å². The zero-order valence-electron chi connectivity index (χ0n) is 9.71. The Morgan fingerprint density at radius 1 is 1.47 bits per heavy atom. The van der Waals surface area contributed by atoms with Crippen LogP contribution in [0.5, 0.6) is 0 Å². The van der Waals surface area contributed by atoms with Crippen LogP contribution in [0.3, 0.4) is 0 Å². The number of amides is 1. The largest absolute Gasteiger partial charge is 0.325 e. The topological polar surface area (TPSA) is 41.1 Å². The predicted molar refractivity (Wildman–Crippen MR) is 78.0 cm³/mol. The van der Waals surface area contributed by atoms with Gasteiger partial charge in [-0.05, 0) is 66.6 Å². The van der Waals surface area contributed by atoms with Crippen LogP contribution in [0.25, 0.3) is 0 Å². The minimum atomic E-state index is 0.126. The Balaban J connectivity index is 1.79. The van der Waals surface area contributed by atoms with Crippen LogP contribution in [0, 0.1) is 9.49 Å². The first-order valence-corrected chi connectivity index (χ1v) is 7.08. The molecule has 0 aliphatic carbocycles. The Morgan fingerprint density at radius 3 is 3.00 bits per heavy atom. The lowest BCUT2D eigenvalue weighted by atomic mass is 10.0. The Hall–Kier alpha value is -0.620. The van der Waals surface area contributed by atoms with Crippen molar-refractivity contribution in [2.75, 3.05) is 18.4 Å². The zero-order chi connectivity index (χ0) is 12.1. The SMILES string of the molecule is O=C(CCC1CCNC1)Nc1ccccc1I. The molecule has 0 spiro atoms. The van der Waals surface area contributed by atoms with Crippen molar-refractivity contribution in [3.8, 4) is 0 Å². The Morgan fingerprint density at radius 2 is 2.29 bits per heavy atom. The van der Waals surface area contributed by atoms with Gasteiger partial charge in [-0.25, -0.2) is 0 Å². The fourth-order valence-corrected chi connectivity index (χ4v) is 2.59. The van der Waals surface area contributed by atoms with Gasteiger partial charge < -0.3 is 10.6 Å². The smallest absolute Gasteiger partial charge is 0.224 e. The van der Waals surface area contributed by atoms with E-state index in [1.165, 1.54) is 6.42 Å². The molecule has 1 saturated heterocycles. The number of hydrogen-bond donors (Lipinski definition) is 2. The molecule has 0 radical (unpaired) electrons. The first-order chi connectivity index (χ1) is 8.25. The summed E-state index contributed by atoms with van der Waals surface area (Å²) >= 11 is 2.24. The Labute approximate surface area is 116 Å². The van der Waals surface area contributed by atoms with E-state index >= 15 is 0 Å². The highest BCUT2D eigenvalue weighted by Crippen LogP contribution is 2.18. The van der Waals surface area contributed by atoms with Crippen LogP contribution in [0.2, 0.25) is 0 Å². The van der Waals surface area contributed by atoms with Crippen LogP contribution in [-0.4, -0.2) is 19.0 Å². The molecular formula is C13H17IN2O. The maximum absolute atomic E-state index is 11.8. The number of carbonyl (C=O) groups excluding carboxylic acids is 1. The quantitative estimate of drug-likeness (QED) is 0.825. The fourth-order valence-electron chi connectivity index (χ4n) is 2.07. The Bertz CT molecular complexity index is 389. The van der Waals surface area contributed by atoms with Gasteiger partial charge in [-0.1, -0.05) is 12.1 Å². The molecule has 1 atom stereocenters. The van der Waals surface area contributed by atoms with Crippen LogP contribution in [0.15, 0.2) is 24.3 Å². The normalized spacial score (nSPS) is 19.2. The number of benzene rings is 1. The highest BCUT2D eigenvalue weighted by atomic mass is 127. The van der Waals surface area contributed by atoms with Gasteiger partial charge in [0.05, 0.1) is 5.69 Å². The molecule has 1 unspecified atom stereocenters. The monoisotopic (exact) mass is 344 g/mol. The van der Waals surface area contributed by atoms with Crippen molar-refractivity contribution in [2.24, 2.45) is 5.92 Å². The molecule has 4 heteroatoms. The lowest BCUT2D eigenvalue weighted by molar-refractivity contribution is -0.116. The summed E-state index contributed by atoms with van der Waals surface area (Å²) < 4.78 is 1.08. The van der Waals surface area contributed by atoms with Crippen molar-refractivity contribution in [2.45, 2.75) is 19.3 Å². The maximum Gasteiger partial charge on any atom is 0.224 e. The fraction of sp³-hybridized carbons (Fsp3) is 0.462. The highest BCUT2D eigenvalue weighted by Gasteiger charge is 2.15. The van der Waals surface area contributed by atoms with Gasteiger partial charge in [-0.2, -0.15) is 0 Å². The van der Waals surface area contributed by atoms with E-state index < -0.39 is 0 Å². The van der Waals surface area contributed by atoms with E-state index in [1.54, 1.807) is 0 Å². The van der Waals surface area contributed by atoms with E-state index in [1.807, 2.05) is 24.3 Å². The molecule has 17 heavy (non-hydrogen) atoms. The first kappa shape index (κ1) is 12.8. The second-order valence-corrected chi connectivity index (χ2v) is 5.59. The minimum Gasteiger partial charge on any atom is -0.325 e. The molecule has 1 aliphatic heterocycles. The number of rotatable bonds is 4. The molecule has 92 valence electrons. The predicted octanol–water partition coefficient (Wildman–Crippen LogP) is 2.62. The van der Waals surface area contributed by atoms with Crippen LogP contribution in [-0.2, 0) is 4.79 Å². The first-order valence-electron chi connectivity index (χ1n) is 6.01. The molecule has 1 heterocycles. The molecule has 1 aromatic carbocycles. The summed E-state index contributed by atoms with van der Waals surface area (Å²) in [5.41, 5.74) is 0.919. The van der Waals surface area contributed by atoms with Gasteiger partial charge in [-0.15, -0.1) is 0 Å². The molecule has 0 aromatic heterocycles.